The van der Waals surface area contributed by atoms with Gasteiger partial charge in [0.15, 0.2) is 0 Å². The number of halogens is 1. The van der Waals surface area contributed by atoms with Gasteiger partial charge < -0.3 is 19.6 Å². The van der Waals surface area contributed by atoms with E-state index in [2.05, 4.69) is 18.7 Å². The molecule has 0 spiro atoms. The lowest BCUT2D eigenvalue weighted by molar-refractivity contribution is -0.140. The quantitative estimate of drug-likeness (QED) is 0.196. The molecule has 39 heavy (non-hydrogen) atoms. The molecule has 1 heterocycles. The molecule has 6 nitrogen and oxygen atoms in total. The Morgan fingerprint density at radius 1 is 1.00 bits per heavy atom. The van der Waals surface area contributed by atoms with Crippen molar-refractivity contribution in [3.8, 4) is 5.75 Å². The summed E-state index contributed by atoms with van der Waals surface area (Å²) in [5.41, 5.74) is 3.74. The fourth-order valence-electron chi connectivity index (χ4n) is 5.12. The van der Waals surface area contributed by atoms with Gasteiger partial charge in [0.25, 0.3) is 11.7 Å². The van der Waals surface area contributed by atoms with Crippen LogP contribution in [0, 0.1) is 5.82 Å². The van der Waals surface area contributed by atoms with Crippen LogP contribution in [0.3, 0.4) is 0 Å². The van der Waals surface area contributed by atoms with Crippen molar-refractivity contribution in [1.82, 2.24) is 4.90 Å². The summed E-state index contributed by atoms with van der Waals surface area (Å²) in [6.45, 7) is 9.96. The van der Waals surface area contributed by atoms with Crippen molar-refractivity contribution in [2.45, 2.75) is 46.2 Å². The molecule has 3 aromatic rings. The number of hydrogen-bond acceptors (Lipinski definition) is 5. The maximum atomic E-state index is 13.6. The van der Waals surface area contributed by atoms with Crippen molar-refractivity contribution in [2.24, 2.45) is 0 Å². The summed E-state index contributed by atoms with van der Waals surface area (Å²) >= 11 is 0. The van der Waals surface area contributed by atoms with Gasteiger partial charge in [0.2, 0.25) is 0 Å². The Labute approximate surface area is 229 Å². The fourth-order valence-corrected chi connectivity index (χ4v) is 5.12. The average molecular weight is 531 g/mol. The highest BCUT2D eigenvalue weighted by Crippen LogP contribution is 2.41. The van der Waals surface area contributed by atoms with Crippen LogP contribution in [0.25, 0.3) is 5.76 Å². The average Bonchev–Trinajstić information content (AvgIpc) is 3.19. The molecule has 1 fully saturated rings. The highest BCUT2D eigenvalue weighted by atomic mass is 19.1. The van der Waals surface area contributed by atoms with E-state index in [4.69, 9.17) is 4.74 Å². The second kappa shape index (κ2) is 11.7. The van der Waals surface area contributed by atoms with Gasteiger partial charge in [-0.25, -0.2) is 4.39 Å². The molecule has 1 saturated heterocycles. The van der Waals surface area contributed by atoms with Gasteiger partial charge in [0, 0.05) is 30.9 Å². The van der Waals surface area contributed by atoms with E-state index < -0.39 is 17.7 Å². The highest BCUT2D eigenvalue weighted by Gasteiger charge is 2.46. The molecule has 1 atom stereocenters. The van der Waals surface area contributed by atoms with Gasteiger partial charge in [0.1, 0.15) is 17.3 Å². The third-order valence-corrected chi connectivity index (χ3v) is 7.27. The largest absolute Gasteiger partial charge is 0.507 e. The SMILES string of the molecule is CCN(CC)c1ccc(C2/C(=C(/O)c3ccc(OC)c(C(C)C)c3)C(=O)C(=O)N2Cc2ccc(F)cc2)cc1. The van der Waals surface area contributed by atoms with Crippen LogP contribution in [-0.4, -0.2) is 41.9 Å². The number of Topliss-reactive ketones (excluding diaryl/α,β-unsaturated/α-hetero) is 1. The third-order valence-electron chi connectivity index (χ3n) is 7.27. The number of benzene rings is 3. The number of anilines is 1. The van der Waals surface area contributed by atoms with E-state index >= 15 is 0 Å². The van der Waals surface area contributed by atoms with Crippen molar-refractivity contribution >= 4 is 23.1 Å². The Kier molecular flexibility index (Phi) is 8.38. The van der Waals surface area contributed by atoms with Gasteiger partial charge in [-0.15, -0.1) is 0 Å². The summed E-state index contributed by atoms with van der Waals surface area (Å²) < 4.78 is 19.0. The zero-order valence-corrected chi connectivity index (χ0v) is 23.1. The number of amides is 1. The monoisotopic (exact) mass is 530 g/mol. The van der Waals surface area contributed by atoms with Crippen LogP contribution in [0.15, 0.2) is 72.3 Å². The number of hydrogen-bond donors (Lipinski definition) is 1. The predicted octanol–water partition coefficient (Wildman–Crippen LogP) is 6.43. The molecule has 7 heteroatoms. The Morgan fingerprint density at radius 2 is 1.64 bits per heavy atom. The lowest BCUT2D eigenvalue weighted by Gasteiger charge is -2.27. The molecule has 0 bridgehead atoms. The van der Waals surface area contributed by atoms with Crippen molar-refractivity contribution in [2.75, 3.05) is 25.1 Å². The number of methoxy groups -OCH3 is 1. The number of nitrogens with zero attached hydrogens (tertiary/aromatic N) is 2. The van der Waals surface area contributed by atoms with Crippen molar-refractivity contribution in [1.29, 1.82) is 0 Å². The molecule has 0 saturated carbocycles. The summed E-state index contributed by atoms with van der Waals surface area (Å²) in [6.07, 6.45) is 0. The second-order valence-electron chi connectivity index (χ2n) is 9.93. The summed E-state index contributed by atoms with van der Waals surface area (Å²) in [7, 11) is 1.59. The minimum absolute atomic E-state index is 0.0255. The van der Waals surface area contributed by atoms with E-state index in [0.29, 0.717) is 22.4 Å². The maximum Gasteiger partial charge on any atom is 0.295 e. The molecule has 0 aliphatic carbocycles. The van der Waals surface area contributed by atoms with E-state index in [1.807, 2.05) is 38.1 Å². The molecular weight excluding hydrogens is 495 g/mol. The topological polar surface area (TPSA) is 70.1 Å². The Balaban J connectivity index is 1.86. The molecule has 0 radical (unpaired) electrons. The second-order valence-corrected chi connectivity index (χ2v) is 9.93. The standard InChI is InChI=1S/C32H35FN2O4/c1-6-34(7-2)25-15-10-22(11-16-25)29-28(30(36)23-12-17-27(39-5)26(18-23)20(3)4)31(37)32(38)35(29)19-21-8-13-24(33)14-9-21/h8-18,20,29,36H,6-7,19H2,1-5H3/b30-28-. The molecular formula is C32H35FN2O4. The molecule has 1 aliphatic rings. The lowest BCUT2D eigenvalue weighted by atomic mass is 9.93. The number of aliphatic hydroxyl groups is 1. The first-order chi connectivity index (χ1) is 18.7. The van der Waals surface area contributed by atoms with E-state index in [1.165, 1.54) is 17.0 Å². The van der Waals surface area contributed by atoms with Crippen molar-refractivity contribution in [3.63, 3.8) is 0 Å². The van der Waals surface area contributed by atoms with Crippen LogP contribution < -0.4 is 9.64 Å². The van der Waals surface area contributed by atoms with Crippen molar-refractivity contribution in [3.05, 3.63) is 100 Å². The first kappa shape index (κ1) is 27.9. The minimum atomic E-state index is -0.814. The van der Waals surface area contributed by atoms with E-state index in [-0.39, 0.29) is 29.6 Å². The molecule has 4 rings (SSSR count). The number of rotatable bonds is 9. The molecule has 204 valence electrons. The van der Waals surface area contributed by atoms with Crippen molar-refractivity contribution < 1.29 is 23.8 Å². The van der Waals surface area contributed by atoms with Gasteiger partial charge in [-0.3, -0.25) is 9.59 Å². The first-order valence-electron chi connectivity index (χ1n) is 13.3. The third kappa shape index (κ3) is 5.53. The van der Waals surface area contributed by atoms with Gasteiger partial charge in [-0.05, 0) is 78.9 Å². The van der Waals surface area contributed by atoms with Crippen LogP contribution in [0.2, 0.25) is 0 Å². The molecule has 0 aromatic heterocycles. The van der Waals surface area contributed by atoms with Crippen LogP contribution >= 0.6 is 0 Å². The molecule has 3 aromatic carbocycles. The highest BCUT2D eigenvalue weighted by molar-refractivity contribution is 6.46. The maximum absolute atomic E-state index is 13.6. The molecule has 1 aliphatic heterocycles. The molecule has 1 N–H and O–H groups in total. The number of aliphatic hydroxyl groups excluding tert-OH is 1. The number of ketones is 1. The zero-order chi connectivity index (χ0) is 28.3. The summed E-state index contributed by atoms with van der Waals surface area (Å²) in [5.74, 6) is -1.30. The summed E-state index contributed by atoms with van der Waals surface area (Å²) in [4.78, 5) is 30.5. The lowest BCUT2D eigenvalue weighted by Crippen LogP contribution is -2.29. The Hall–Kier alpha value is -4.13. The number of carbonyl (C=O) groups excluding carboxylic acids is 2. The van der Waals surface area contributed by atoms with E-state index in [9.17, 15) is 19.1 Å². The zero-order valence-electron chi connectivity index (χ0n) is 23.1. The molecule has 1 unspecified atom stereocenters. The van der Waals surface area contributed by atoms with Crippen LogP contribution in [0.1, 0.15) is 61.9 Å². The van der Waals surface area contributed by atoms with Crippen LogP contribution in [0.4, 0.5) is 10.1 Å². The van der Waals surface area contributed by atoms with Crippen LogP contribution in [0.5, 0.6) is 5.75 Å². The van der Waals surface area contributed by atoms with Gasteiger partial charge >= 0.3 is 0 Å². The number of carbonyl (C=O) groups is 2. The normalized spacial score (nSPS) is 16.7. The van der Waals surface area contributed by atoms with E-state index in [0.717, 1.165) is 24.3 Å². The summed E-state index contributed by atoms with van der Waals surface area (Å²) in [5, 5.41) is 11.5. The summed E-state index contributed by atoms with van der Waals surface area (Å²) in [6, 6.07) is 18.0. The van der Waals surface area contributed by atoms with Gasteiger partial charge in [0.05, 0.1) is 18.7 Å². The number of likely N-dealkylation sites (tertiary alicyclic amines) is 1. The fraction of sp³-hybridized carbons (Fsp3) is 0.312. The van der Waals surface area contributed by atoms with Crippen LogP contribution in [-0.2, 0) is 16.1 Å². The predicted molar refractivity (Wildman–Crippen MR) is 151 cm³/mol. The van der Waals surface area contributed by atoms with Gasteiger partial charge in [-0.1, -0.05) is 38.1 Å². The van der Waals surface area contributed by atoms with E-state index in [1.54, 1.807) is 37.4 Å². The first-order valence-corrected chi connectivity index (χ1v) is 13.3. The molecule has 1 amide bonds. The Bertz CT molecular complexity index is 1380. The Morgan fingerprint density at radius 3 is 2.21 bits per heavy atom. The smallest absolute Gasteiger partial charge is 0.295 e. The minimum Gasteiger partial charge on any atom is -0.507 e. The van der Waals surface area contributed by atoms with Gasteiger partial charge in [-0.2, -0.15) is 0 Å². The number of ether oxygens (including phenoxy) is 1.